The van der Waals surface area contributed by atoms with Crippen molar-refractivity contribution in [1.29, 1.82) is 0 Å². The van der Waals surface area contributed by atoms with Crippen molar-refractivity contribution in [2.75, 3.05) is 13.1 Å². The summed E-state index contributed by atoms with van der Waals surface area (Å²) < 4.78 is 58.3. The third-order valence-corrected chi connectivity index (χ3v) is 4.22. The van der Waals surface area contributed by atoms with Gasteiger partial charge in [-0.3, -0.25) is 14.9 Å². The van der Waals surface area contributed by atoms with Gasteiger partial charge in [-0.1, -0.05) is 0 Å². The summed E-state index contributed by atoms with van der Waals surface area (Å²) in [6.07, 6.45) is -5.81. The second kappa shape index (κ2) is 8.44. The van der Waals surface area contributed by atoms with Crippen LogP contribution in [-0.2, 0) is 10.9 Å². The van der Waals surface area contributed by atoms with Gasteiger partial charge in [-0.2, -0.15) is 17.6 Å². The lowest BCUT2D eigenvalue weighted by Gasteiger charge is -2.33. The highest BCUT2D eigenvalue weighted by atomic mass is 19.4. The monoisotopic (exact) mass is 435 g/mol. The Kier molecular flexibility index (Phi) is 6.57. The van der Waals surface area contributed by atoms with Crippen molar-refractivity contribution in [1.82, 2.24) is 10.2 Å². The number of nitrogens with zero attached hydrogens (tertiary/aromatic N) is 2. The fourth-order valence-electron chi connectivity index (χ4n) is 2.96. The Labute approximate surface area is 169 Å². The maximum absolute atomic E-state index is 13.9. The number of carbonyl (C=O) groups excluding carboxylic acids is 2. The lowest BCUT2D eigenvalue weighted by molar-refractivity contribution is -0.387. The molecule has 1 saturated heterocycles. The van der Waals surface area contributed by atoms with Gasteiger partial charge in [0.05, 0.1) is 17.0 Å². The molecule has 0 aromatic heterocycles. The summed E-state index contributed by atoms with van der Waals surface area (Å²) >= 11 is 0. The van der Waals surface area contributed by atoms with Gasteiger partial charge in [0.15, 0.2) is 0 Å². The lowest BCUT2D eigenvalue weighted by Crippen LogP contribution is -2.47. The van der Waals surface area contributed by atoms with Gasteiger partial charge in [-0.25, -0.2) is 4.79 Å². The Morgan fingerprint density at radius 2 is 1.90 bits per heavy atom. The number of hydrogen-bond acceptors (Lipinski definition) is 5. The van der Waals surface area contributed by atoms with Crippen molar-refractivity contribution < 1.29 is 36.8 Å². The summed E-state index contributed by atoms with van der Waals surface area (Å²) in [6.45, 7) is 5.26. The number of alkyl halides is 3. The summed E-state index contributed by atoms with van der Waals surface area (Å²) in [5.74, 6) is -3.00. The molecule has 0 bridgehead atoms. The zero-order valence-corrected chi connectivity index (χ0v) is 16.5. The minimum atomic E-state index is -5.22. The van der Waals surface area contributed by atoms with Crippen molar-refractivity contribution in [3.05, 3.63) is 39.2 Å². The number of nitrogens with one attached hydrogen (secondary N) is 1. The van der Waals surface area contributed by atoms with E-state index in [1.807, 2.05) is 0 Å². The van der Waals surface area contributed by atoms with Crippen LogP contribution in [0, 0.1) is 15.9 Å². The lowest BCUT2D eigenvalue weighted by atomic mass is 10.0. The first kappa shape index (κ1) is 23.4. The van der Waals surface area contributed by atoms with E-state index in [1.165, 1.54) is 0 Å². The number of nitro benzene ring substituents is 1. The van der Waals surface area contributed by atoms with E-state index in [-0.39, 0.29) is 19.2 Å². The molecule has 1 aromatic carbocycles. The van der Waals surface area contributed by atoms with Crippen LogP contribution in [0.3, 0.4) is 0 Å². The predicted molar refractivity (Wildman–Crippen MR) is 96.4 cm³/mol. The van der Waals surface area contributed by atoms with Crippen LogP contribution < -0.4 is 5.32 Å². The molecule has 1 heterocycles. The van der Waals surface area contributed by atoms with Crippen LogP contribution in [0.4, 0.5) is 28.0 Å². The molecule has 0 saturated carbocycles. The van der Waals surface area contributed by atoms with Gasteiger partial charge in [0.2, 0.25) is 5.82 Å². The third-order valence-electron chi connectivity index (χ3n) is 4.22. The molecular formula is C18H21F4N3O5. The summed E-state index contributed by atoms with van der Waals surface area (Å²) in [5.41, 5.74) is -4.56. The quantitative estimate of drug-likeness (QED) is 0.441. The number of ether oxygens (including phenoxy) is 1. The number of carbonyl (C=O) groups is 2. The Balaban J connectivity index is 2.24. The maximum Gasteiger partial charge on any atom is 0.419 e. The molecule has 0 unspecified atom stereocenters. The van der Waals surface area contributed by atoms with Gasteiger partial charge in [0.25, 0.3) is 5.91 Å². The van der Waals surface area contributed by atoms with E-state index in [0.717, 1.165) is 4.90 Å². The highest BCUT2D eigenvalue weighted by Gasteiger charge is 2.39. The summed E-state index contributed by atoms with van der Waals surface area (Å²) in [6, 6.07) is 0.727. The zero-order chi connectivity index (χ0) is 22.9. The zero-order valence-electron chi connectivity index (χ0n) is 16.5. The number of halogens is 4. The molecule has 1 aliphatic rings. The van der Waals surface area contributed by atoms with E-state index in [0.29, 0.717) is 18.9 Å². The van der Waals surface area contributed by atoms with Crippen LogP contribution >= 0.6 is 0 Å². The van der Waals surface area contributed by atoms with Crippen LogP contribution in [0.2, 0.25) is 0 Å². The van der Waals surface area contributed by atoms with Crippen LogP contribution in [0.5, 0.6) is 0 Å². The maximum atomic E-state index is 13.9. The SMILES string of the molecule is CC(C)(C)NC(=O)O[C@@H]1CCCN(C(=O)c2cc([N+](=O)[O-])c(F)c(C(F)(F)F)c2)C1. The Morgan fingerprint density at radius 3 is 2.43 bits per heavy atom. The van der Waals surface area contributed by atoms with Crippen LogP contribution in [0.25, 0.3) is 0 Å². The molecule has 2 rings (SSSR count). The van der Waals surface area contributed by atoms with Crippen LogP contribution in [-0.4, -0.2) is 46.6 Å². The second-order valence-electron chi connectivity index (χ2n) is 7.91. The number of hydrogen-bond donors (Lipinski definition) is 1. The van der Waals surface area contributed by atoms with E-state index in [2.05, 4.69) is 5.32 Å². The molecule has 8 nitrogen and oxygen atoms in total. The number of alkyl carbamates (subject to hydrolysis) is 1. The molecule has 2 amide bonds. The van der Waals surface area contributed by atoms with E-state index in [1.54, 1.807) is 20.8 Å². The minimum Gasteiger partial charge on any atom is -0.444 e. The summed E-state index contributed by atoms with van der Waals surface area (Å²) in [7, 11) is 0. The van der Waals surface area contributed by atoms with Gasteiger partial charge in [0, 0.05) is 23.7 Å². The normalized spacial score (nSPS) is 17.4. The number of nitro groups is 1. The van der Waals surface area contributed by atoms with Gasteiger partial charge >= 0.3 is 18.0 Å². The van der Waals surface area contributed by atoms with Crippen LogP contribution in [0.15, 0.2) is 12.1 Å². The average molecular weight is 435 g/mol. The predicted octanol–water partition coefficient (Wildman–Crippen LogP) is 3.88. The van der Waals surface area contributed by atoms with Crippen LogP contribution in [0.1, 0.15) is 49.5 Å². The van der Waals surface area contributed by atoms with Crippen molar-refractivity contribution in [2.45, 2.75) is 51.4 Å². The molecule has 0 radical (unpaired) electrons. The Hall–Kier alpha value is -2.92. The summed E-state index contributed by atoms with van der Waals surface area (Å²) in [4.78, 5) is 35.3. The van der Waals surface area contributed by atoms with Crippen molar-refractivity contribution in [3.8, 4) is 0 Å². The molecule has 1 atom stereocenters. The van der Waals surface area contributed by atoms with Gasteiger partial charge in [-0.15, -0.1) is 0 Å². The van der Waals surface area contributed by atoms with Gasteiger partial charge in [-0.05, 0) is 39.7 Å². The van der Waals surface area contributed by atoms with E-state index < -0.39 is 57.4 Å². The smallest absolute Gasteiger partial charge is 0.419 e. The van der Waals surface area contributed by atoms with Crippen molar-refractivity contribution >= 4 is 17.7 Å². The van der Waals surface area contributed by atoms with Gasteiger partial charge in [0.1, 0.15) is 6.10 Å². The highest BCUT2D eigenvalue weighted by Crippen LogP contribution is 2.36. The topological polar surface area (TPSA) is 102 Å². The molecule has 166 valence electrons. The number of benzene rings is 1. The molecule has 1 fully saturated rings. The Morgan fingerprint density at radius 1 is 1.27 bits per heavy atom. The first-order chi connectivity index (χ1) is 13.7. The summed E-state index contributed by atoms with van der Waals surface area (Å²) in [5, 5.41) is 13.5. The fraction of sp³-hybridized carbons (Fsp3) is 0.556. The second-order valence-corrected chi connectivity index (χ2v) is 7.91. The van der Waals surface area contributed by atoms with E-state index in [9.17, 15) is 37.3 Å². The highest BCUT2D eigenvalue weighted by molar-refractivity contribution is 5.95. The molecule has 12 heteroatoms. The molecule has 30 heavy (non-hydrogen) atoms. The first-order valence-electron chi connectivity index (χ1n) is 9.02. The molecule has 0 spiro atoms. The molecular weight excluding hydrogens is 414 g/mol. The molecule has 1 N–H and O–H groups in total. The van der Waals surface area contributed by atoms with Crippen molar-refractivity contribution in [3.63, 3.8) is 0 Å². The minimum absolute atomic E-state index is 0.108. The van der Waals surface area contributed by atoms with E-state index in [4.69, 9.17) is 4.74 Å². The first-order valence-corrected chi connectivity index (χ1v) is 9.02. The standard InChI is InChI=1S/C18H21F4N3O5/c1-17(2,3)23-16(27)30-11-5-4-6-24(9-11)15(26)10-7-12(18(20,21)22)14(19)13(8-10)25(28)29/h7-8,11H,4-6,9H2,1-3H3,(H,23,27)/t11-/m1/s1. The van der Waals surface area contributed by atoms with E-state index >= 15 is 0 Å². The Bertz CT molecular complexity index is 851. The number of likely N-dealkylation sites (tertiary alicyclic amines) is 1. The third kappa shape index (κ3) is 5.80. The fourth-order valence-corrected chi connectivity index (χ4v) is 2.96. The molecule has 0 aliphatic carbocycles. The largest absolute Gasteiger partial charge is 0.444 e. The van der Waals surface area contributed by atoms with Crippen molar-refractivity contribution in [2.24, 2.45) is 0 Å². The molecule has 1 aromatic rings. The number of piperidine rings is 1. The number of amides is 2. The van der Waals surface area contributed by atoms with Gasteiger partial charge < -0.3 is 15.0 Å². The number of rotatable bonds is 3. The average Bonchev–Trinajstić information content (AvgIpc) is 2.58. The molecule has 1 aliphatic heterocycles.